The first kappa shape index (κ1) is 31.6. The van der Waals surface area contributed by atoms with Gasteiger partial charge < -0.3 is 23.0 Å². The molecule has 0 N–H and O–H groups in total. The standard InChI is InChI=1S/C18H19N3O2.C17H16N4O2/c1-13-9-15(12-20(2)18(13)22)17-19-7-8-21(17)11-14-5-4-6-16(10-14)23-3;1-12-7-14(10-20(2)17(12)23)16-18-5-6-21(16)9-13-3-4-15(11-22)19-8-13/h4-10,12H,11H2,1-3H3;3-8,10-11H,9H2,1-2H3. The van der Waals surface area contributed by atoms with E-state index in [1.165, 1.54) is 0 Å². The van der Waals surface area contributed by atoms with Crippen LogP contribution < -0.4 is 15.9 Å². The number of pyridine rings is 3. The molecule has 0 bridgehead atoms. The van der Waals surface area contributed by atoms with E-state index in [-0.39, 0.29) is 11.1 Å². The monoisotopic (exact) mass is 617 g/mol. The van der Waals surface area contributed by atoms with Crippen LogP contribution in [0.5, 0.6) is 5.75 Å². The molecule has 0 spiro atoms. The Morgan fingerprint density at radius 2 is 1.30 bits per heavy atom. The molecule has 0 fully saturated rings. The number of aryl methyl sites for hydroxylation is 4. The number of hydrogen-bond donors (Lipinski definition) is 0. The Bertz CT molecular complexity index is 2050. The Hall–Kier alpha value is -5.84. The van der Waals surface area contributed by atoms with Crippen molar-refractivity contribution in [3.05, 3.63) is 141 Å². The number of nitrogens with zero attached hydrogens (tertiary/aromatic N) is 7. The summed E-state index contributed by atoms with van der Waals surface area (Å²) < 4.78 is 12.5. The summed E-state index contributed by atoms with van der Waals surface area (Å²) >= 11 is 0. The topological polar surface area (TPSA) is 119 Å². The van der Waals surface area contributed by atoms with Crippen molar-refractivity contribution in [1.29, 1.82) is 0 Å². The lowest BCUT2D eigenvalue weighted by molar-refractivity contribution is 0.111. The zero-order chi connectivity index (χ0) is 32.8. The minimum atomic E-state index is -0.0134. The summed E-state index contributed by atoms with van der Waals surface area (Å²) in [5.74, 6) is 2.46. The van der Waals surface area contributed by atoms with Gasteiger partial charge >= 0.3 is 0 Å². The van der Waals surface area contributed by atoms with Gasteiger partial charge in [-0.2, -0.15) is 0 Å². The van der Waals surface area contributed by atoms with E-state index >= 15 is 0 Å². The third-order valence-electron chi connectivity index (χ3n) is 7.48. The first-order valence-corrected chi connectivity index (χ1v) is 14.6. The van der Waals surface area contributed by atoms with Crippen LogP contribution in [0.3, 0.4) is 0 Å². The SMILES string of the molecule is COc1cccc(Cn2ccnc2-c2cc(C)c(=O)n(C)c2)c1.Cc1cc(-c2nccn2Cc2ccc(C=O)nc2)cn(C)c1=O. The molecule has 0 atom stereocenters. The number of carbonyl (C=O) groups is 1. The van der Waals surface area contributed by atoms with Crippen molar-refractivity contribution in [3.63, 3.8) is 0 Å². The van der Waals surface area contributed by atoms with Gasteiger partial charge in [-0.15, -0.1) is 0 Å². The average Bonchev–Trinajstić information content (AvgIpc) is 3.72. The van der Waals surface area contributed by atoms with Crippen molar-refractivity contribution >= 4 is 6.29 Å². The van der Waals surface area contributed by atoms with E-state index in [9.17, 15) is 14.4 Å². The van der Waals surface area contributed by atoms with Crippen molar-refractivity contribution in [2.75, 3.05) is 7.11 Å². The molecule has 0 radical (unpaired) electrons. The number of methoxy groups -OCH3 is 1. The fraction of sp³-hybridized carbons (Fsp3) is 0.200. The lowest BCUT2D eigenvalue weighted by Gasteiger charge is -2.11. The van der Waals surface area contributed by atoms with E-state index in [2.05, 4.69) is 25.6 Å². The first-order valence-electron chi connectivity index (χ1n) is 14.6. The van der Waals surface area contributed by atoms with E-state index in [1.807, 2.05) is 66.5 Å². The summed E-state index contributed by atoms with van der Waals surface area (Å²) in [6, 6.07) is 15.2. The van der Waals surface area contributed by atoms with Crippen LogP contribution in [0.25, 0.3) is 22.8 Å². The van der Waals surface area contributed by atoms with Crippen molar-refractivity contribution in [3.8, 4) is 28.5 Å². The van der Waals surface area contributed by atoms with Gasteiger partial charge in [0.25, 0.3) is 11.1 Å². The lowest BCUT2D eigenvalue weighted by Crippen LogP contribution is -2.18. The van der Waals surface area contributed by atoms with Crippen LogP contribution in [-0.2, 0) is 27.2 Å². The summed E-state index contributed by atoms with van der Waals surface area (Å²) in [5.41, 5.74) is 5.71. The van der Waals surface area contributed by atoms with E-state index in [0.29, 0.717) is 29.9 Å². The van der Waals surface area contributed by atoms with Crippen molar-refractivity contribution in [2.45, 2.75) is 26.9 Å². The smallest absolute Gasteiger partial charge is 0.253 e. The fourth-order valence-electron chi connectivity index (χ4n) is 5.16. The maximum absolute atomic E-state index is 11.9. The van der Waals surface area contributed by atoms with Gasteiger partial charge in [-0.1, -0.05) is 18.2 Å². The molecule has 6 aromatic rings. The van der Waals surface area contributed by atoms with Gasteiger partial charge in [0.05, 0.1) is 13.7 Å². The predicted octanol–water partition coefficient (Wildman–Crippen LogP) is 4.43. The summed E-state index contributed by atoms with van der Waals surface area (Å²) in [4.78, 5) is 47.3. The molecule has 0 unspecified atom stereocenters. The summed E-state index contributed by atoms with van der Waals surface area (Å²) in [7, 11) is 5.15. The van der Waals surface area contributed by atoms with Gasteiger partial charge in [0.2, 0.25) is 0 Å². The second-order valence-electron chi connectivity index (χ2n) is 11.0. The molecule has 234 valence electrons. The Labute approximate surface area is 266 Å². The zero-order valence-corrected chi connectivity index (χ0v) is 26.4. The molecule has 5 aromatic heterocycles. The highest BCUT2D eigenvalue weighted by molar-refractivity contribution is 5.71. The molecule has 0 saturated carbocycles. The van der Waals surface area contributed by atoms with E-state index < -0.39 is 0 Å². The number of rotatable bonds is 8. The quantitative estimate of drug-likeness (QED) is 0.232. The number of imidazole rings is 2. The van der Waals surface area contributed by atoms with Crippen LogP contribution >= 0.6 is 0 Å². The molecular formula is C35H35N7O4. The van der Waals surface area contributed by atoms with E-state index in [0.717, 1.165) is 45.9 Å². The number of carbonyl (C=O) groups excluding carboxylic acids is 1. The molecule has 1 aromatic carbocycles. The predicted molar refractivity (Wildman–Crippen MR) is 176 cm³/mol. The zero-order valence-electron chi connectivity index (χ0n) is 26.4. The molecule has 0 aliphatic carbocycles. The highest BCUT2D eigenvalue weighted by atomic mass is 16.5. The molecule has 11 heteroatoms. The number of benzene rings is 1. The molecule has 0 saturated heterocycles. The third kappa shape index (κ3) is 7.10. The third-order valence-corrected chi connectivity index (χ3v) is 7.48. The lowest BCUT2D eigenvalue weighted by atomic mass is 10.2. The van der Waals surface area contributed by atoms with Crippen molar-refractivity contribution in [2.24, 2.45) is 14.1 Å². The minimum Gasteiger partial charge on any atom is -0.497 e. The normalized spacial score (nSPS) is 10.7. The van der Waals surface area contributed by atoms with E-state index in [4.69, 9.17) is 4.74 Å². The Kier molecular flexibility index (Phi) is 9.51. The van der Waals surface area contributed by atoms with Crippen LogP contribution in [0.15, 0.2) is 101 Å². The van der Waals surface area contributed by atoms with Gasteiger partial charge in [-0.25, -0.2) is 9.97 Å². The Balaban J connectivity index is 0.000000181. The first-order chi connectivity index (χ1) is 22.2. The van der Waals surface area contributed by atoms with Crippen LogP contribution in [0.4, 0.5) is 0 Å². The summed E-state index contributed by atoms with van der Waals surface area (Å²) in [6.07, 6.45) is 13.3. The average molecular weight is 618 g/mol. The van der Waals surface area contributed by atoms with Gasteiger partial charge in [-0.05, 0) is 55.3 Å². The number of hydrogen-bond acceptors (Lipinski definition) is 7. The van der Waals surface area contributed by atoms with Gasteiger partial charge in [0.1, 0.15) is 23.1 Å². The number of aldehydes is 1. The van der Waals surface area contributed by atoms with E-state index in [1.54, 1.807) is 68.1 Å². The number of ether oxygens (including phenoxy) is 1. The largest absolute Gasteiger partial charge is 0.497 e. The van der Waals surface area contributed by atoms with Crippen molar-refractivity contribution in [1.82, 2.24) is 33.2 Å². The molecule has 46 heavy (non-hydrogen) atoms. The molecule has 5 heterocycles. The van der Waals surface area contributed by atoms with Crippen LogP contribution in [-0.4, -0.2) is 46.6 Å². The summed E-state index contributed by atoms with van der Waals surface area (Å²) in [5, 5.41) is 0. The molecule has 0 amide bonds. The molecule has 11 nitrogen and oxygen atoms in total. The van der Waals surface area contributed by atoms with Crippen LogP contribution in [0.2, 0.25) is 0 Å². The maximum Gasteiger partial charge on any atom is 0.253 e. The fourth-order valence-corrected chi connectivity index (χ4v) is 5.16. The number of aromatic nitrogens is 7. The highest BCUT2D eigenvalue weighted by Gasteiger charge is 2.11. The minimum absolute atomic E-state index is 0.0134. The molecule has 0 aliphatic rings. The second-order valence-corrected chi connectivity index (χ2v) is 11.0. The highest BCUT2D eigenvalue weighted by Crippen LogP contribution is 2.21. The maximum atomic E-state index is 11.9. The van der Waals surface area contributed by atoms with Gasteiger partial charge in [0.15, 0.2) is 6.29 Å². The molecular weight excluding hydrogens is 582 g/mol. The summed E-state index contributed by atoms with van der Waals surface area (Å²) in [6.45, 7) is 4.89. The van der Waals surface area contributed by atoms with Crippen LogP contribution in [0, 0.1) is 13.8 Å². The molecule has 6 rings (SSSR count). The van der Waals surface area contributed by atoms with Crippen molar-refractivity contribution < 1.29 is 9.53 Å². The Morgan fingerprint density at radius 1 is 0.739 bits per heavy atom. The van der Waals surface area contributed by atoms with Crippen LogP contribution in [0.1, 0.15) is 32.7 Å². The van der Waals surface area contributed by atoms with Gasteiger partial charge in [0, 0.05) is 86.3 Å². The molecule has 0 aliphatic heterocycles. The Morgan fingerprint density at radius 3 is 1.78 bits per heavy atom. The van der Waals surface area contributed by atoms with Gasteiger partial charge in [-0.3, -0.25) is 19.4 Å². The second kappa shape index (κ2) is 13.9.